The highest BCUT2D eigenvalue weighted by molar-refractivity contribution is 6.00. The number of Topliss-reactive ketones (excluding diaryl/α,β-unsaturated/α-hetero) is 1. The number of hydrogen-bond acceptors (Lipinski definition) is 4. The van der Waals surface area contributed by atoms with E-state index in [0.717, 1.165) is 17.5 Å². The molecule has 0 saturated carbocycles. The van der Waals surface area contributed by atoms with Crippen LogP contribution in [0.3, 0.4) is 0 Å². The number of aryl methyl sites for hydroxylation is 2. The molecule has 7 heteroatoms. The van der Waals surface area contributed by atoms with Crippen molar-refractivity contribution in [1.82, 2.24) is 14.5 Å². The molecule has 2 amide bonds. The van der Waals surface area contributed by atoms with Crippen molar-refractivity contribution in [3.63, 3.8) is 0 Å². The number of piperidine rings is 1. The molecule has 1 aliphatic heterocycles. The number of para-hydroxylation sites is 1. The van der Waals surface area contributed by atoms with Gasteiger partial charge in [-0.25, -0.2) is 4.79 Å². The molecule has 1 aromatic carbocycles. The summed E-state index contributed by atoms with van der Waals surface area (Å²) in [5.41, 5.74) is 2.18. The number of carbonyl (C=O) groups is 3. The lowest BCUT2D eigenvalue weighted by Gasteiger charge is -2.21. The number of nitrogens with one attached hydrogen (secondary N) is 1. The quantitative estimate of drug-likeness (QED) is 0.796. The Bertz CT molecular complexity index is 938. The van der Waals surface area contributed by atoms with E-state index >= 15 is 0 Å². The summed E-state index contributed by atoms with van der Waals surface area (Å²) in [4.78, 5) is 48.0. The van der Waals surface area contributed by atoms with Crippen molar-refractivity contribution >= 4 is 28.6 Å². The van der Waals surface area contributed by atoms with Crippen molar-refractivity contribution in [2.45, 2.75) is 51.5 Å². The summed E-state index contributed by atoms with van der Waals surface area (Å²) < 4.78 is 3.04. The van der Waals surface area contributed by atoms with Gasteiger partial charge in [0.25, 0.3) is 0 Å². The molecule has 1 saturated heterocycles. The van der Waals surface area contributed by atoms with Crippen LogP contribution in [0.25, 0.3) is 11.0 Å². The molecule has 3 rings (SSSR count). The summed E-state index contributed by atoms with van der Waals surface area (Å²) in [6.07, 6.45) is 3.01. The predicted molar refractivity (Wildman–Crippen MR) is 96.8 cm³/mol. The zero-order valence-electron chi connectivity index (χ0n) is 15.1. The van der Waals surface area contributed by atoms with Gasteiger partial charge in [-0.2, -0.15) is 0 Å². The summed E-state index contributed by atoms with van der Waals surface area (Å²) in [7, 11) is 1.69. The van der Waals surface area contributed by atoms with Crippen LogP contribution in [-0.2, 0) is 27.9 Å². The Morgan fingerprint density at radius 1 is 1.27 bits per heavy atom. The van der Waals surface area contributed by atoms with Crippen molar-refractivity contribution in [2.24, 2.45) is 7.05 Å². The number of hydrogen-bond donors (Lipinski definition) is 1. The Morgan fingerprint density at radius 2 is 2.04 bits per heavy atom. The average Bonchev–Trinajstić information content (AvgIpc) is 2.87. The smallest absolute Gasteiger partial charge is 0.300 e. The maximum absolute atomic E-state index is 12.8. The molecule has 0 bridgehead atoms. The number of rotatable bonds is 6. The summed E-state index contributed by atoms with van der Waals surface area (Å²) >= 11 is 0. The summed E-state index contributed by atoms with van der Waals surface area (Å²) in [5, 5.41) is 2.31. The number of ketones is 1. The van der Waals surface area contributed by atoms with Crippen molar-refractivity contribution in [1.29, 1.82) is 0 Å². The first-order chi connectivity index (χ1) is 12.4. The van der Waals surface area contributed by atoms with E-state index in [1.54, 1.807) is 11.6 Å². The van der Waals surface area contributed by atoms with Crippen molar-refractivity contribution in [2.75, 3.05) is 0 Å². The molecule has 0 radical (unpaired) electrons. The minimum atomic E-state index is -0.680. The van der Waals surface area contributed by atoms with Gasteiger partial charge in [-0.05, 0) is 30.9 Å². The van der Waals surface area contributed by atoms with E-state index < -0.39 is 11.9 Å². The molecule has 2 aromatic rings. The number of amides is 2. The lowest BCUT2D eigenvalue weighted by Crippen LogP contribution is -2.44. The third-order valence-electron chi connectivity index (χ3n) is 5.00. The summed E-state index contributed by atoms with van der Waals surface area (Å²) in [6.45, 7) is 1.85. The van der Waals surface area contributed by atoms with Gasteiger partial charge >= 0.3 is 5.69 Å². The van der Waals surface area contributed by atoms with Gasteiger partial charge in [0.1, 0.15) is 11.8 Å². The summed E-state index contributed by atoms with van der Waals surface area (Å²) in [5.74, 6) is -0.511. The number of imide groups is 1. The minimum absolute atomic E-state index is 0.220. The van der Waals surface area contributed by atoms with Gasteiger partial charge in [0.2, 0.25) is 11.8 Å². The molecule has 26 heavy (non-hydrogen) atoms. The van der Waals surface area contributed by atoms with E-state index in [-0.39, 0.29) is 23.8 Å². The number of aromatic nitrogens is 2. The van der Waals surface area contributed by atoms with Gasteiger partial charge in [0.05, 0.1) is 11.0 Å². The van der Waals surface area contributed by atoms with Gasteiger partial charge in [-0.15, -0.1) is 0 Å². The average molecular weight is 357 g/mol. The number of carbonyl (C=O) groups excluding carboxylic acids is 3. The molecule has 0 spiro atoms. The van der Waals surface area contributed by atoms with Crippen LogP contribution < -0.4 is 11.0 Å². The molecule has 1 N–H and O–H groups in total. The molecule has 1 unspecified atom stereocenters. The van der Waals surface area contributed by atoms with E-state index in [2.05, 4.69) is 5.32 Å². The Hall–Kier alpha value is -2.70. The topological polar surface area (TPSA) is 90.2 Å². The second-order valence-corrected chi connectivity index (χ2v) is 6.71. The van der Waals surface area contributed by atoms with Crippen LogP contribution in [0.2, 0.25) is 0 Å². The van der Waals surface area contributed by atoms with Crippen LogP contribution in [0.15, 0.2) is 23.0 Å². The van der Waals surface area contributed by atoms with E-state index in [1.807, 2.05) is 25.1 Å². The zero-order valence-corrected chi connectivity index (χ0v) is 15.1. The number of imidazole rings is 1. The third kappa shape index (κ3) is 3.21. The fourth-order valence-corrected chi connectivity index (χ4v) is 3.60. The monoisotopic (exact) mass is 357 g/mol. The minimum Gasteiger partial charge on any atom is -0.300 e. The van der Waals surface area contributed by atoms with Gasteiger partial charge in [0.15, 0.2) is 0 Å². The first-order valence-corrected chi connectivity index (χ1v) is 8.98. The van der Waals surface area contributed by atoms with Crippen LogP contribution in [0.1, 0.15) is 50.6 Å². The van der Waals surface area contributed by atoms with Crippen LogP contribution >= 0.6 is 0 Å². The van der Waals surface area contributed by atoms with Crippen molar-refractivity contribution in [3.8, 4) is 0 Å². The fraction of sp³-hybridized carbons (Fsp3) is 0.474. The number of fused-ring (bicyclic) bond motifs is 1. The standard InChI is InChI=1S/C19H23N3O4/c1-3-13(23)8-4-6-12-7-5-9-14-17(12)21(2)19(26)22(14)15-10-11-16(24)20-18(15)25/h5,7,9,15H,3-4,6,8,10-11H2,1-2H3,(H,20,24,25). The highest BCUT2D eigenvalue weighted by atomic mass is 16.2. The second kappa shape index (κ2) is 7.27. The van der Waals surface area contributed by atoms with Crippen LogP contribution in [0.5, 0.6) is 0 Å². The van der Waals surface area contributed by atoms with Crippen molar-refractivity contribution < 1.29 is 14.4 Å². The lowest BCUT2D eigenvalue weighted by atomic mass is 10.0. The SMILES string of the molecule is CCC(=O)CCCc1cccc2c1n(C)c(=O)n2C1CCC(=O)NC1=O. The van der Waals surface area contributed by atoms with E-state index in [9.17, 15) is 19.2 Å². The van der Waals surface area contributed by atoms with Crippen LogP contribution in [0.4, 0.5) is 0 Å². The van der Waals surface area contributed by atoms with Crippen LogP contribution in [-0.4, -0.2) is 26.7 Å². The van der Waals surface area contributed by atoms with E-state index in [4.69, 9.17) is 0 Å². The third-order valence-corrected chi connectivity index (χ3v) is 5.00. The normalized spacial score (nSPS) is 17.5. The number of nitrogens with zero attached hydrogens (tertiary/aromatic N) is 2. The lowest BCUT2D eigenvalue weighted by molar-refractivity contribution is -0.135. The Morgan fingerprint density at radius 3 is 2.73 bits per heavy atom. The van der Waals surface area contributed by atoms with Gasteiger partial charge < -0.3 is 0 Å². The first kappa shape index (κ1) is 18.1. The van der Waals surface area contributed by atoms with Gasteiger partial charge in [-0.1, -0.05) is 19.1 Å². The Labute approximate surface area is 151 Å². The Kier molecular flexibility index (Phi) is 5.06. The van der Waals surface area contributed by atoms with Gasteiger partial charge in [0, 0.05) is 26.3 Å². The molecule has 1 aliphatic rings. The Balaban J connectivity index is 1.99. The molecule has 7 nitrogen and oxygen atoms in total. The molecule has 138 valence electrons. The molecule has 1 atom stereocenters. The maximum atomic E-state index is 12.8. The summed E-state index contributed by atoms with van der Waals surface area (Å²) in [6, 6.07) is 4.95. The molecular formula is C19H23N3O4. The molecule has 1 aromatic heterocycles. The second-order valence-electron chi connectivity index (χ2n) is 6.71. The first-order valence-electron chi connectivity index (χ1n) is 8.98. The molecule has 1 fully saturated rings. The van der Waals surface area contributed by atoms with E-state index in [0.29, 0.717) is 31.2 Å². The number of benzene rings is 1. The van der Waals surface area contributed by atoms with Gasteiger partial charge in [-0.3, -0.25) is 28.8 Å². The largest absolute Gasteiger partial charge is 0.329 e. The molecule has 2 heterocycles. The van der Waals surface area contributed by atoms with Crippen molar-refractivity contribution in [3.05, 3.63) is 34.2 Å². The zero-order chi connectivity index (χ0) is 18.8. The van der Waals surface area contributed by atoms with Crippen LogP contribution in [0, 0.1) is 0 Å². The fourth-order valence-electron chi connectivity index (χ4n) is 3.60. The predicted octanol–water partition coefficient (Wildman–Crippen LogP) is 1.62. The highest BCUT2D eigenvalue weighted by Gasteiger charge is 2.31. The molecular weight excluding hydrogens is 334 g/mol. The van der Waals surface area contributed by atoms with E-state index in [1.165, 1.54) is 4.57 Å². The molecule has 0 aliphatic carbocycles. The highest BCUT2D eigenvalue weighted by Crippen LogP contribution is 2.25. The maximum Gasteiger partial charge on any atom is 0.329 e.